The number of carbonyl (C=O) groups is 2. The van der Waals surface area contributed by atoms with Gasteiger partial charge in [0.15, 0.2) is 11.5 Å². The minimum atomic E-state index is -0.850. The van der Waals surface area contributed by atoms with Gasteiger partial charge in [-0.1, -0.05) is 12.1 Å². The lowest BCUT2D eigenvalue weighted by atomic mass is 9.94. The third-order valence-corrected chi connectivity index (χ3v) is 5.97. The molecule has 1 fully saturated rings. The summed E-state index contributed by atoms with van der Waals surface area (Å²) in [5.41, 5.74) is 0.925. The Hall–Kier alpha value is -3.72. The Morgan fingerprint density at radius 1 is 1.03 bits per heavy atom. The van der Waals surface area contributed by atoms with Crippen molar-refractivity contribution in [3.8, 4) is 23.0 Å². The number of aliphatic hydroxyl groups is 1. The molecule has 1 N–H and O–H groups in total. The van der Waals surface area contributed by atoms with Gasteiger partial charge in [0.05, 0.1) is 39.6 Å². The molecule has 1 atom stereocenters. The topological polar surface area (TPSA) is 97.8 Å². The molecule has 0 bridgehead atoms. The van der Waals surface area contributed by atoms with E-state index in [1.807, 2.05) is 25.9 Å². The van der Waals surface area contributed by atoms with Gasteiger partial charge in [-0.15, -0.1) is 0 Å². The van der Waals surface area contributed by atoms with Gasteiger partial charge in [0.1, 0.15) is 11.5 Å². The second-order valence-electron chi connectivity index (χ2n) is 8.57. The van der Waals surface area contributed by atoms with Crippen LogP contribution in [-0.2, 0) is 9.59 Å². The number of aliphatic hydroxyl groups excluding tert-OH is 1. The number of hydrogen-bond acceptors (Lipinski definition) is 8. The third kappa shape index (κ3) is 5.41. The van der Waals surface area contributed by atoms with E-state index in [2.05, 4.69) is 0 Å². The van der Waals surface area contributed by atoms with Crippen molar-refractivity contribution >= 4 is 17.4 Å². The van der Waals surface area contributed by atoms with E-state index in [0.717, 1.165) is 6.54 Å². The number of amides is 1. The third-order valence-electron chi connectivity index (χ3n) is 5.97. The van der Waals surface area contributed by atoms with E-state index in [-0.39, 0.29) is 11.3 Å². The largest absolute Gasteiger partial charge is 0.507 e. The lowest BCUT2D eigenvalue weighted by Gasteiger charge is -2.27. The van der Waals surface area contributed by atoms with Crippen molar-refractivity contribution in [1.29, 1.82) is 0 Å². The van der Waals surface area contributed by atoms with E-state index >= 15 is 0 Å². The summed E-state index contributed by atoms with van der Waals surface area (Å²) in [5.74, 6) is -0.00586. The highest BCUT2D eigenvalue weighted by Gasteiger charge is 2.46. The van der Waals surface area contributed by atoms with Gasteiger partial charge in [-0.25, -0.2) is 0 Å². The normalized spacial score (nSPS) is 17.0. The molecule has 1 aliphatic heterocycles. The van der Waals surface area contributed by atoms with Crippen LogP contribution in [0.1, 0.15) is 30.5 Å². The molecule has 1 saturated heterocycles. The first-order valence-electron chi connectivity index (χ1n) is 11.7. The zero-order valence-electron chi connectivity index (χ0n) is 21.7. The molecule has 1 aliphatic rings. The predicted octanol–water partition coefficient (Wildman–Crippen LogP) is 3.48. The number of hydrogen-bond donors (Lipinski definition) is 1. The highest BCUT2D eigenvalue weighted by atomic mass is 16.5. The van der Waals surface area contributed by atoms with Crippen LogP contribution in [0.15, 0.2) is 42.0 Å². The fourth-order valence-corrected chi connectivity index (χ4v) is 4.33. The van der Waals surface area contributed by atoms with Crippen molar-refractivity contribution < 1.29 is 33.6 Å². The van der Waals surface area contributed by atoms with Crippen LogP contribution in [0.4, 0.5) is 0 Å². The number of ether oxygens (including phenoxy) is 4. The number of nitrogens with zero attached hydrogens (tertiary/aromatic N) is 2. The Labute approximate surface area is 211 Å². The van der Waals surface area contributed by atoms with Crippen molar-refractivity contribution in [3.63, 3.8) is 0 Å². The number of ketones is 1. The molecule has 9 heteroatoms. The molecule has 0 aromatic heterocycles. The Balaban J connectivity index is 2.21. The molecule has 9 nitrogen and oxygen atoms in total. The monoisotopic (exact) mass is 498 g/mol. The molecule has 0 radical (unpaired) electrons. The summed E-state index contributed by atoms with van der Waals surface area (Å²) in [6, 6.07) is 9.34. The van der Waals surface area contributed by atoms with E-state index in [4.69, 9.17) is 18.9 Å². The fourth-order valence-electron chi connectivity index (χ4n) is 4.33. The second-order valence-corrected chi connectivity index (χ2v) is 8.57. The first-order chi connectivity index (χ1) is 17.3. The van der Waals surface area contributed by atoms with E-state index in [1.54, 1.807) is 36.4 Å². The quantitative estimate of drug-likeness (QED) is 0.286. The Morgan fingerprint density at radius 2 is 1.69 bits per heavy atom. The number of rotatable bonds is 11. The van der Waals surface area contributed by atoms with Crippen molar-refractivity contribution in [2.45, 2.75) is 19.4 Å². The molecule has 36 heavy (non-hydrogen) atoms. The van der Waals surface area contributed by atoms with Gasteiger partial charge in [-0.3, -0.25) is 9.59 Å². The molecule has 0 saturated carbocycles. The predicted molar refractivity (Wildman–Crippen MR) is 136 cm³/mol. The summed E-state index contributed by atoms with van der Waals surface area (Å²) in [7, 11) is 8.37. The summed E-state index contributed by atoms with van der Waals surface area (Å²) < 4.78 is 22.0. The average molecular weight is 499 g/mol. The highest BCUT2D eigenvalue weighted by Crippen LogP contribution is 2.45. The van der Waals surface area contributed by atoms with Crippen LogP contribution >= 0.6 is 0 Å². The van der Waals surface area contributed by atoms with Crippen LogP contribution in [0, 0.1) is 0 Å². The SMILES string of the molecule is CCOc1cccc(/C(O)=C2\C(=O)C(=O)N(CCCN(C)C)C2c2cc(OC)c(OC)c(OC)c2)c1. The molecular weight excluding hydrogens is 464 g/mol. The fraction of sp³-hybridized carbons (Fsp3) is 0.407. The summed E-state index contributed by atoms with van der Waals surface area (Å²) in [4.78, 5) is 30.0. The molecule has 1 unspecified atom stereocenters. The smallest absolute Gasteiger partial charge is 0.295 e. The average Bonchev–Trinajstić information content (AvgIpc) is 3.12. The summed E-state index contributed by atoms with van der Waals surface area (Å²) in [6.07, 6.45) is 0.640. The maximum atomic E-state index is 13.3. The number of carbonyl (C=O) groups excluding carboxylic acids is 2. The van der Waals surface area contributed by atoms with Crippen LogP contribution < -0.4 is 18.9 Å². The molecule has 2 aromatic carbocycles. The van der Waals surface area contributed by atoms with E-state index in [9.17, 15) is 14.7 Å². The standard InChI is InChI=1S/C27H34N2O7/c1-7-36-19-11-8-10-17(14-19)24(30)22-23(29(27(32)25(22)31)13-9-12-28(2)3)18-15-20(33-4)26(35-6)21(16-18)34-5/h8,10-11,14-16,23,30H,7,9,12-13H2,1-6H3/b24-22+. The Morgan fingerprint density at radius 3 is 2.25 bits per heavy atom. The van der Waals surface area contributed by atoms with Gasteiger partial charge in [0, 0.05) is 12.1 Å². The van der Waals surface area contributed by atoms with Crippen LogP contribution in [0.5, 0.6) is 23.0 Å². The lowest BCUT2D eigenvalue weighted by molar-refractivity contribution is -0.139. The number of benzene rings is 2. The van der Waals surface area contributed by atoms with Crippen molar-refractivity contribution in [3.05, 3.63) is 53.1 Å². The van der Waals surface area contributed by atoms with E-state index in [1.165, 1.54) is 26.2 Å². The number of likely N-dealkylation sites (tertiary alicyclic amines) is 1. The first kappa shape index (κ1) is 26.9. The van der Waals surface area contributed by atoms with Crippen LogP contribution in [0.25, 0.3) is 5.76 Å². The summed E-state index contributed by atoms with van der Waals surface area (Å²) in [6.45, 7) is 3.35. The summed E-state index contributed by atoms with van der Waals surface area (Å²) in [5, 5.41) is 11.3. The van der Waals surface area contributed by atoms with Crippen LogP contribution in [0.3, 0.4) is 0 Å². The van der Waals surface area contributed by atoms with Gasteiger partial charge in [0.2, 0.25) is 5.75 Å². The molecule has 1 amide bonds. The van der Waals surface area contributed by atoms with Crippen molar-refractivity contribution in [2.24, 2.45) is 0 Å². The molecule has 1 heterocycles. The minimum Gasteiger partial charge on any atom is -0.507 e. The maximum Gasteiger partial charge on any atom is 0.295 e. The van der Waals surface area contributed by atoms with Gasteiger partial charge < -0.3 is 33.9 Å². The van der Waals surface area contributed by atoms with Crippen molar-refractivity contribution in [1.82, 2.24) is 9.80 Å². The summed E-state index contributed by atoms with van der Waals surface area (Å²) >= 11 is 0. The first-order valence-corrected chi connectivity index (χ1v) is 11.7. The van der Waals surface area contributed by atoms with Gasteiger partial charge in [-0.2, -0.15) is 0 Å². The zero-order valence-corrected chi connectivity index (χ0v) is 21.7. The molecule has 3 rings (SSSR count). The van der Waals surface area contributed by atoms with Gasteiger partial charge >= 0.3 is 0 Å². The number of methoxy groups -OCH3 is 3. The molecular formula is C27H34N2O7. The van der Waals surface area contributed by atoms with Crippen molar-refractivity contribution in [2.75, 3.05) is 55.1 Å². The lowest BCUT2D eigenvalue weighted by Crippen LogP contribution is -2.32. The van der Waals surface area contributed by atoms with Gasteiger partial charge in [0.25, 0.3) is 11.7 Å². The molecule has 194 valence electrons. The van der Waals surface area contributed by atoms with E-state index in [0.29, 0.717) is 53.7 Å². The zero-order chi connectivity index (χ0) is 26.4. The van der Waals surface area contributed by atoms with Crippen LogP contribution in [0.2, 0.25) is 0 Å². The maximum absolute atomic E-state index is 13.3. The number of Topliss-reactive ketones (excluding diaryl/α,β-unsaturated/α-hetero) is 1. The second kappa shape index (κ2) is 11.8. The van der Waals surface area contributed by atoms with E-state index < -0.39 is 17.7 Å². The Kier molecular flexibility index (Phi) is 8.82. The molecule has 0 aliphatic carbocycles. The van der Waals surface area contributed by atoms with Gasteiger partial charge in [-0.05, 0) is 63.8 Å². The highest BCUT2D eigenvalue weighted by molar-refractivity contribution is 6.46. The minimum absolute atomic E-state index is 0.00669. The van der Waals surface area contributed by atoms with Crippen LogP contribution in [-0.4, -0.2) is 81.7 Å². The molecule has 0 spiro atoms. The Bertz CT molecular complexity index is 1120. The molecule has 2 aromatic rings.